The van der Waals surface area contributed by atoms with Crippen molar-refractivity contribution in [1.82, 2.24) is 0 Å². The second-order valence-corrected chi connectivity index (χ2v) is 2.40. The molecule has 56 valence electrons. The molecule has 0 unspecified atom stereocenters. The third-order valence-electron chi connectivity index (χ3n) is 1.57. The van der Waals surface area contributed by atoms with E-state index >= 15 is 0 Å². The summed E-state index contributed by atoms with van der Waals surface area (Å²) < 4.78 is 0. The SMILES string of the molecule is CCC[C@@H](CN)CCO. The van der Waals surface area contributed by atoms with E-state index in [1.807, 2.05) is 0 Å². The van der Waals surface area contributed by atoms with E-state index < -0.39 is 0 Å². The van der Waals surface area contributed by atoms with Gasteiger partial charge >= 0.3 is 0 Å². The van der Waals surface area contributed by atoms with Gasteiger partial charge in [0.25, 0.3) is 0 Å². The minimum Gasteiger partial charge on any atom is -0.396 e. The van der Waals surface area contributed by atoms with E-state index in [1.165, 1.54) is 6.42 Å². The number of hydrogen-bond donors (Lipinski definition) is 2. The maximum Gasteiger partial charge on any atom is 0.0434 e. The molecule has 0 aliphatic carbocycles. The van der Waals surface area contributed by atoms with Gasteiger partial charge in [0, 0.05) is 6.61 Å². The maximum absolute atomic E-state index is 8.54. The highest BCUT2D eigenvalue weighted by Crippen LogP contribution is 2.07. The monoisotopic (exact) mass is 131 g/mol. The molecule has 0 aliphatic rings. The lowest BCUT2D eigenvalue weighted by Gasteiger charge is -2.10. The van der Waals surface area contributed by atoms with Crippen molar-refractivity contribution in [3.63, 3.8) is 0 Å². The first-order chi connectivity index (χ1) is 4.35. The van der Waals surface area contributed by atoms with Crippen molar-refractivity contribution in [1.29, 1.82) is 0 Å². The van der Waals surface area contributed by atoms with Crippen LogP contribution in [0.4, 0.5) is 0 Å². The molecular formula is C7H17NO. The number of nitrogens with two attached hydrogens (primary N) is 1. The fourth-order valence-electron chi connectivity index (χ4n) is 0.971. The summed E-state index contributed by atoms with van der Waals surface area (Å²) in [6.07, 6.45) is 3.18. The van der Waals surface area contributed by atoms with E-state index in [4.69, 9.17) is 10.8 Å². The van der Waals surface area contributed by atoms with Crippen LogP contribution in [0.25, 0.3) is 0 Å². The highest BCUT2D eigenvalue weighted by atomic mass is 16.3. The van der Waals surface area contributed by atoms with Crippen molar-refractivity contribution in [2.45, 2.75) is 26.2 Å². The van der Waals surface area contributed by atoms with Crippen LogP contribution in [0, 0.1) is 5.92 Å². The Morgan fingerprint density at radius 1 is 1.44 bits per heavy atom. The highest BCUT2D eigenvalue weighted by molar-refractivity contribution is 4.57. The average Bonchev–Trinajstić information content (AvgIpc) is 1.88. The second-order valence-electron chi connectivity index (χ2n) is 2.40. The summed E-state index contributed by atoms with van der Waals surface area (Å²) in [6, 6.07) is 0. The van der Waals surface area contributed by atoms with Crippen LogP contribution in [-0.2, 0) is 0 Å². The fraction of sp³-hybridized carbons (Fsp3) is 1.00. The Labute approximate surface area is 57.1 Å². The molecule has 0 aromatic carbocycles. The molecule has 0 saturated heterocycles. The zero-order valence-corrected chi connectivity index (χ0v) is 6.14. The highest BCUT2D eigenvalue weighted by Gasteiger charge is 2.02. The van der Waals surface area contributed by atoms with Crippen LogP contribution in [-0.4, -0.2) is 18.3 Å². The van der Waals surface area contributed by atoms with Gasteiger partial charge in [-0.2, -0.15) is 0 Å². The smallest absolute Gasteiger partial charge is 0.0434 e. The van der Waals surface area contributed by atoms with Crippen molar-refractivity contribution < 1.29 is 5.11 Å². The molecule has 0 aromatic rings. The van der Waals surface area contributed by atoms with Gasteiger partial charge in [0.2, 0.25) is 0 Å². The van der Waals surface area contributed by atoms with E-state index in [-0.39, 0.29) is 6.61 Å². The number of rotatable bonds is 5. The largest absolute Gasteiger partial charge is 0.396 e. The quantitative estimate of drug-likeness (QED) is 0.578. The van der Waals surface area contributed by atoms with Crippen LogP contribution in [0.15, 0.2) is 0 Å². The summed E-state index contributed by atoms with van der Waals surface area (Å²) >= 11 is 0. The molecule has 1 atom stereocenters. The molecule has 0 heterocycles. The van der Waals surface area contributed by atoms with Gasteiger partial charge in [0.1, 0.15) is 0 Å². The van der Waals surface area contributed by atoms with Crippen LogP contribution in [0.1, 0.15) is 26.2 Å². The summed E-state index contributed by atoms with van der Waals surface area (Å²) in [5, 5.41) is 8.54. The first kappa shape index (κ1) is 8.92. The van der Waals surface area contributed by atoms with Crippen molar-refractivity contribution in [3.05, 3.63) is 0 Å². The lowest BCUT2D eigenvalue weighted by atomic mass is 10.0. The Bertz CT molecular complexity index is 50.9. The maximum atomic E-state index is 8.54. The minimum absolute atomic E-state index is 0.280. The van der Waals surface area contributed by atoms with Gasteiger partial charge in [-0.15, -0.1) is 0 Å². The normalized spacial score (nSPS) is 13.7. The molecule has 0 amide bonds. The van der Waals surface area contributed by atoms with Crippen molar-refractivity contribution in [3.8, 4) is 0 Å². The summed E-state index contributed by atoms with van der Waals surface area (Å²) in [6.45, 7) is 3.14. The summed E-state index contributed by atoms with van der Waals surface area (Å²) in [7, 11) is 0. The third-order valence-corrected chi connectivity index (χ3v) is 1.57. The molecule has 3 N–H and O–H groups in total. The van der Waals surface area contributed by atoms with Crippen LogP contribution >= 0.6 is 0 Å². The summed E-state index contributed by atoms with van der Waals surface area (Å²) in [5.74, 6) is 0.542. The second kappa shape index (κ2) is 6.05. The average molecular weight is 131 g/mol. The van der Waals surface area contributed by atoms with Gasteiger partial charge in [-0.25, -0.2) is 0 Å². The van der Waals surface area contributed by atoms with E-state index in [0.717, 1.165) is 12.8 Å². The number of hydrogen-bond acceptors (Lipinski definition) is 2. The van der Waals surface area contributed by atoms with Crippen molar-refractivity contribution in [2.75, 3.05) is 13.2 Å². The molecule has 9 heavy (non-hydrogen) atoms. The topological polar surface area (TPSA) is 46.2 Å². The number of aliphatic hydroxyl groups excluding tert-OH is 1. The molecule has 2 nitrogen and oxygen atoms in total. The van der Waals surface area contributed by atoms with Gasteiger partial charge in [-0.05, 0) is 25.3 Å². The molecule has 0 fully saturated rings. The van der Waals surface area contributed by atoms with Gasteiger partial charge in [0.15, 0.2) is 0 Å². The van der Waals surface area contributed by atoms with E-state index in [2.05, 4.69) is 6.92 Å². The Morgan fingerprint density at radius 3 is 2.44 bits per heavy atom. The van der Waals surface area contributed by atoms with E-state index in [9.17, 15) is 0 Å². The first-order valence-corrected chi connectivity index (χ1v) is 3.66. The number of aliphatic hydroxyl groups is 1. The molecular weight excluding hydrogens is 114 g/mol. The van der Waals surface area contributed by atoms with Crippen LogP contribution in [0.2, 0.25) is 0 Å². The fourth-order valence-corrected chi connectivity index (χ4v) is 0.971. The Morgan fingerprint density at radius 2 is 2.11 bits per heavy atom. The van der Waals surface area contributed by atoms with Crippen molar-refractivity contribution in [2.24, 2.45) is 11.7 Å². The molecule has 0 rings (SSSR count). The molecule has 0 radical (unpaired) electrons. The lowest BCUT2D eigenvalue weighted by Crippen LogP contribution is -2.15. The van der Waals surface area contributed by atoms with Gasteiger partial charge in [-0.1, -0.05) is 13.3 Å². The Hall–Kier alpha value is -0.0800. The van der Waals surface area contributed by atoms with E-state index in [1.54, 1.807) is 0 Å². The predicted octanol–water partition coefficient (Wildman–Crippen LogP) is 0.744. The zero-order valence-electron chi connectivity index (χ0n) is 6.14. The summed E-state index contributed by atoms with van der Waals surface area (Å²) in [5.41, 5.74) is 5.43. The van der Waals surface area contributed by atoms with Crippen LogP contribution < -0.4 is 5.73 Å². The molecule has 0 saturated carbocycles. The van der Waals surface area contributed by atoms with Gasteiger partial charge in [-0.3, -0.25) is 0 Å². The van der Waals surface area contributed by atoms with Gasteiger partial charge < -0.3 is 10.8 Å². The molecule has 0 bridgehead atoms. The third kappa shape index (κ3) is 4.43. The molecule has 0 spiro atoms. The predicted molar refractivity (Wildman–Crippen MR) is 39.2 cm³/mol. The molecule has 0 aliphatic heterocycles. The minimum atomic E-state index is 0.280. The Balaban J connectivity index is 3.18. The first-order valence-electron chi connectivity index (χ1n) is 3.66. The van der Waals surface area contributed by atoms with Crippen molar-refractivity contribution >= 4 is 0 Å². The summed E-state index contributed by atoms with van der Waals surface area (Å²) in [4.78, 5) is 0. The lowest BCUT2D eigenvalue weighted by molar-refractivity contribution is 0.253. The zero-order chi connectivity index (χ0) is 7.11. The molecule has 2 heteroatoms. The van der Waals surface area contributed by atoms with E-state index in [0.29, 0.717) is 12.5 Å². The van der Waals surface area contributed by atoms with Crippen LogP contribution in [0.5, 0.6) is 0 Å². The Kier molecular flexibility index (Phi) is 5.99. The van der Waals surface area contributed by atoms with Gasteiger partial charge in [0.05, 0.1) is 0 Å². The molecule has 0 aromatic heterocycles. The standard InChI is InChI=1S/C7H17NO/c1-2-3-7(6-8)4-5-9/h7,9H,2-6,8H2,1H3/t7-/m1/s1. The van der Waals surface area contributed by atoms with Crippen LogP contribution in [0.3, 0.4) is 0 Å².